The fourth-order valence-corrected chi connectivity index (χ4v) is 2.68. The predicted molar refractivity (Wildman–Crippen MR) is 83.7 cm³/mol. The molecule has 0 aromatic carbocycles. The molecule has 0 rings (SSSR count). The van der Waals surface area contributed by atoms with Crippen LogP contribution in [0.15, 0.2) is 0 Å². The quantitative estimate of drug-likeness (QED) is 0.330. The topological polar surface area (TPSA) is 78.9 Å². The van der Waals surface area contributed by atoms with Gasteiger partial charge in [-0.25, -0.2) is 0 Å². The van der Waals surface area contributed by atoms with E-state index in [0.717, 1.165) is 12.8 Å². The third kappa shape index (κ3) is 11.6. The van der Waals surface area contributed by atoms with E-state index < -0.39 is 32.8 Å². The third-order valence-corrected chi connectivity index (χ3v) is 4.10. The van der Waals surface area contributed by atoms with E-state index in [-0.39, 0.29) is 17.3 Å². The number of carbonyl (C=O) groups is 3. The summed E-state index contributed by atoms with van der Waals surface area (Å²) in [6.45, 7) is 9.08. The van der Waals surface area contributed by atoms with Crippen LogP contribution in [0.2, 0.25) is 0 Å². The van der Waals surface area contributed by atoms with Gasteiger partial charge in [0, 0.05) is 0 Å². The summed E-state index contributed by atoms with van der Waals surface area (Å²) in [5, 5.41) is 0.101. The molecular weight excluding hydrogens is 351 g/mol. The van der Waals surface area contributed by atoms with E-state index >= 15 is 0 Å². The summed E-state index contributed by atoms with van der Waals surface area (Å²) >= 11 is -1.21. The van der Waals surface area contributed by atoms with E-state index in [0.29, 0.717) is 12.3 Å². The molecule has 1 unspecified atom stereocenters. The van der Waals surface area contributed by atoms with Crippen LogP contribution in [-0.2, 0) is 23.8 Å². The summed E-state index contributed by atoms with van der Waals surface area (Å²) in [6.07, 6.45) is 1.24. The molecule has 0 N–H and O–H groups in total. The van der Waals surface area contributed by atoms with Crippen molar-refractivity contribution < 1.29 is 28.6 Å². The second-order valence-corrected chi connectivity index (χ2v) is 7.89. The van der Waals surface area contributed by atoms with Gasteiger partial charge in [0.05, 0.1) is 0 Å². The Morgan fingerprint density at radius 1 is 1.00 bits per heavy atom. The molecule has 0 spiro atoms. The predicted octanol–water partition coefficient (Wildman–Crippen LogP) is 2.43. The van der Waals surface area contributed by atoms with Crippen LogP contribution in [-0.4, -0.2) is 44.1 Å². The Balaban J connectivity index is 3.76. The number of carbonyl (C=O) groups excluding carboxylic acids is 3. The van der Waals surface area contributed by atoms with Crippen molar-refractivity contribution in [1.29, 1.82) is 0 Å². The number of rotatable bonds is 10. The maximum absolute atomic E-state index is 11.5. The molecule has 0 aliphatic rings. The van der Waals surface area contributed by atoms with E-state index in [9.17, 15) is 14.4 Å². The van der Waals surface area contributed by atoms with Gasteiger partial charge in [0.2, 0.25) is 0 Å². The van der Waals surface area contributed by atoms with Gasteiger partial charge in [-0.05, 0) is 0 Å². The minimum absolute atomic E-state index is 0.101. The van der Waals surface area contributed by atoms with Gasteiger partial charge in [0.1, 0.15) is 0 Å². The Bertz CT molecular complexity index is 367. The first-order chi connectivity index (χ1) is 10.2. The Kier molecular flexibility index (Phi) is 11.0. The summed E-state index contributed by atoms with van der Waals surface area (Å²) in [5.41, 5.74) is 0. The molecule has 22 heavy (non-hydrogen) atoms. The number of esters is 2. The van der Waals surface area contributed by atoms with Gasteiger partial charge >= 0.3 is 138 Å². The molecule has 0 saturated heterocycles. The molecule has 0 radical (unpaired) electrons. The van der Waals surface area contributed by atoms with E-state index in [1.54, 1.807) is 13.8 Å². The van der Waals surface area contributed by atoms with Gasteiger partial charge in [0.25, 0.3) is 0 Å². The Morgan fingerprint density at radius 2 is 1.64 bits per heavy atom. The molecule has 0 amide bonds. The molecule has 2 atom stereocenters. The van der Waals surface area contributed by atoms with Crippen molar-refractivity contribution in [2.24, 2.45) is 11.8 Å². The molecule has 0 aliphatic heterocycles. The van der Waals surface area contributed by atoms with Crippen molar-refractivity contribution in [2.75, 3.05) is 5.39 Å². The average Bonchev–Trinajstić information content (AvgIpc) is 2.37. The molecular formula is C15H27AsO6. The van der Waals surface area contributed by atoms with Crippen molar-refractivity contribution in [1.82, 2.24) is 0 Å². The van der Waals surface area contributed by atoms with Crippen LogP contribution >= 0.6 is 0 Å². The van der Waals surface area contributed by atoms with Crippen LogP contribution < -0.4 is 0 Å². The van der Waals surface area contributed by atoms with Crippen molar-refractivity contribution in [3.63, 3.8) is 0 Å². The third-order valence-electron chi connectivity index (χ3n) is 2.64. The van der Waals surface area contributed by atoms with Crippen molar-refractivity contribution in [3.05, 3.63) is 0 Å². The summed E-state index contributed by atoms with van der Waals surface area (Å²) in [6, 6.07) is 0. The normalized spacial score (nSPS) is 12.7. The van der Waals surface area contributed by atoms with Gasteiger partial charge in [-0.3, -0.25) is 0 Å². The zero-order valence-electron chi connectivity index (χ0n) is 14.0. The number of hydrogen-bond donors (Lipinski definition) is 0. The van der Waals surface area contributed by atoms with E-state index in [1.807, 2.05) is 0 Å². The van der Waals surface area contributed by atoms with E-state index in [1.165, 1.54) is 6.92 Å². The van der Waals surface area contributed by atoms with Crippen molar-refractivity contribution in [3.8, 4) is 0 Å². The van der Waals surface area contributed by atoms with Gasteiger partial charge < -0.3 is 0 Å². The summed E-state index contributed by atoms with van der Waals surface area (Å²) in [5.74, 6) is -0.413. The molecule has 6 nitrogen and oxygen atoms in total. The summed E-state index contributed by atoms with van der Waals surface area (Å²) in [4.78, 5) is 34.3. The molecule has 128 valence electrons. The summed E-state index contributed by atoms with van der Waals surface area (Å²) < 4.78 is 14.4. The monoisotopic (exact) mass is 378 g/mol. The van der Waals surface area contributed by atoms with Crippen LogP contribution in [0.5, 0.6) is 0 Å². The zero-order chi connectivity index (χ0) is 17.1. The second kappa shape index (κ2) is 11.5. The molecule has 0 aliphatic carbocycles. The molecule has 0 aromatic heterocycles. The molecule has 0 heterocycles. The zero-order valence-corrected chi connectivity index (χ0v) is 16.1. The Labute approximate surface area is 138 Å². The second-order valence-electron chi connectivity index (χ2n) is 5.69. The first-order valence-corrected chi connectivity index (χ1v) is 10.1. The van der Waals surface area contributed by atoms with Crippen molar-refractivity contribution in [2.45, 2.75) is 60.2 Å². The molecule has 0 saturated carbocycles. The standard InChI is InChI=1S/C15H27AsO6/c1-10(2)7-6-8-13(17)20-9-16-15(19)22-12(5)21-14(18)11(3)4/h10-12,16H,6-9H2,1-5H3/t12-/m1/s1. The number of hydrogen-bond acceptors (Lipinski definition) is 6. The van der Waals surface area contributed by atoms with Crippen LogP contribution in [0, 0.1) is 11.8 Å². The van der Waals surface area contributed by atoms with Gasteiger partial charge in [-0.1, -0.05) is 0 Å². The maximum atomic E-state index is 11.5. The van der Waals surface area contributed by atoms with Crippen molar-refractivity contribution >= 4 is 32.4 Å². The van der Waals surface area contributed by atoms with Crippen LogP contribution in [0.25, 0.3) is 0 Å². The fraction of sp³-hybridized carbons (Fsp3) is 0.800. The molecule has 0 fully saturated rings. The van der Waals surface area contributed by atoms with Gasteiger partial charge in [-0.15, -0.1) is 0 Å². The Hall–Kier alpha value is -1.03. The van der Waals surface area contributed by atoms with Crippen LogP contribution in [0.3, 0.4) is 0 Å². The Morgan fingerprint density at radius 3 is 2.18 bits per heavy atom. The SMILES string of the molecule is CC(C)CCCC(=O)OC[AsH]C(=O)O[C@H](C)OC(=O)C(C)C. The fourth-order valence-electron chi connectivity index (χ4n) is 1.42. The molecule has 0 bridgehead atoms. The van der Waals surface area contributed by atoms with Gasteiger partial charge in [0.15, 0.2) is 0 Å². The number of ether oxygens (including phenoxy) is 3. The van der Waals surface area contributed by atoms with E-state index in [2.05, 4.69) is 13.8 Å². The molecule has 0 aromatic rings. The van der Waals surface area contributed by atoms with Crippen LogP contribution in [0.4, 0.5) is 4.79 Å². The molecule has 7 heteroatoms. The first kappa shape index (κ1) is 21.0. The van der Waals surface area contributed by atoms with Gasteiger partial charge in [-0.2, -0.15) is 0 Å². The van der Waals surface area contributed by atoms with E-state index in [4.69, 9.17) is 14.2 Å². The summed E-state index contributed by atoms with van der Waals surface area (Å²) in [7, 11) is 0. The average molecular weight is 378 g/mol. The first-order valence-electron chi connectivity index (χ1n) is 7.53. The minimum atomic E-state index is -1.21. The van der Waals surface area contributed by atoms with Crippen LogP contribution in [0.1, 0.15) is 53.9 Å².